The van der Waals surface area contributed by atoms with Gasteiger partial charge in [-0.3, -0.25) is 4.79 Å². The Kier molecular flexibility index (Phi) is 7.92. The number of hydrogen-bond acceptors (Lipinski definition) is 3. The van der Waals surface area contributed by atoms with Gasteiger partial charge in [0.2, 0.25) is 5.91 Å². The first-order chi connectivity index (χ1) is 9.58. The normalized spacial score (nSPS) is 10.8. The van der Waals surface area contributed by atoms with E-state index in [4.69, 9.17) is 4.74 Å². The molecule has 0 aliphatic carbocycles. The van der Waals surface area contributed by atoms with E-state index in [9.17, 15) is 4.79 Å². The van der Waals surface area contributed by atoms with Crippen molar-refractivity contribution in [3.8, 4) is 0 Å². The molecule has 0 aliphatic rings. The van der Waals surface area contributed by atoms with E-state index < -0.39 is 0 Å². The zero-order valence-corrected chi connectivity index (χ0v) is 12.7. The third kappa shape index (κ3) is 7.92. The van der Waals surface area contributed by atoms with Gasteiger partial charge in [-0.2, -0.15) is 0 Å². The third-order valence-electron chi connectivity index (χ3n) is 2.88. The minimum atomic E-state index is -0.0315. The minimum Gasteiger partial charge on any atom is -0.380 e. The van der Waals surface area contributed by atoms with Crippen LogP contribution >= 0.6 is 0 Å². The Labute approximate surface area is 121 Å². The quantitative estimate of drug-likeness (QED) is 0.683. The molecule has 2 N–H and O–H groups in total. The van der Waals surface area contributed by atoms with Crippen molar-refractivity contribution in [1.82, 2.24) is 5.32 Å². The summed E-state index contributed by atoms with van der Waals surface area (Å²) in [6.45, 7) is 8.81. The maximum absolute atomic E-state index is 11.7. The van der Waals surface area contributed by atoms with E-state index in [-0.39, 0.29) is 5.91 Å². The number of carbonyl (C=O) groups is 1. The lowest BCUT2D eigenvalue weighted by Crippen LogP contribution is -2.30. The molecule has 0 aliphatic heterocycles. The van der Waals surface area contributed by atoms with E-state index in [0.29, 0.717) is 25.6 Å². The fourth-order valence-corrected chi connectivity index (χ4v) is 1.61. The van der Waals surface area contributed by atoms with Crippen molar-refractivity contribution < 1.29 is 9.53 Å². The van der Waals surface area contributed by atoms with E-state index >= 15 is 0 Å². The average Bonchev–Trinajstić information content (AvgIpc) is 2.40. The van der Waals surface area contributed by atoms with Gasteiger partial charge in [-0.1, -0.05) is 31.5 Å². The number of rotatable bonds is 9. The van der Waals surface area contributed by atoms with Crippen molar-refractivity contribution in [2.75, 3.05) is 31.6 Å². The highest BCUT2D eigenvalue weighted by molar-refractivity contribution is 5.92. The Morgan fingerprint density at radius 2 is 1.90 bits per heavy atom. The van der Waals surface area contributed by atoms with Crippen LogP contribution in [0.2, 0.25) is 0 Å². The van der Waals surface area contributed by atoms with E-state index in [0.717, 1.165) is 18.7 Å². The summed E-state index contributed by atoms with van der Waals surface area (Å²) >= 11 is 0. The average molecular weight is 278 g/mol. The molecule has 1 amide bonds. The molecule has 0 aromatic heterocycles. The lowest BCUT2D eigenvalue weighted by atomic mass is 10.1. The summed E-state index contributed by atoms with van der Waals surface area (Å²) in [5.74, 6) is 0.638. The van der Waals surface area contributed by atoms with Crippen LogP contribution in [0.1, 0.15) is 25.8 Å². The number of amides is 1. The van der Waals surface area contributed by atoms with Crippen LogP contribution in [0.5, 0.6) is 0 Å². The molecule has 1 rings (SSSR count). The maximum Gasteiger partial charge on any atom is 0.238 e. The summed E-state index contributed by atoms with van der Waals surface area (Å²) in [7, 11) is 0. The van der Waals surface area contributed by atoms with Crippen molar-refractivity contribution >= 4 is 11.6 Å². The van der Waals surface area contributed by atoms with E-state index in [1.54, 1.807) is 0 Å². The Hall–Kier alpha value is -1.39. The summed E-state index contributed by atoms with van der Waals surface area (Å²) in [6, 6.07) is 7.77. The largest absolute Gasteiger partial charge is 0.380 e. The summed E-state index contributed by atoms with van der Waals surface area (Å²) in [6.07, 6.45) is 1.08. The summed E-state index contributed by atoms with van der Waals surface area (Å²) in [5, 5.41) is 5.91. The highest BCUT2D eigenvalue weighted by atomic mass is 16.5. The zero-order chi connectivity index (χ0) is 14.8. The van der Waals surface area contributed by atoms with Gasteiger partial charge in [0.25, 0.3) is 0 Å². The van der Waals surface area contributed by atoms with Gasteiger partial charge in [0.05, 0.1) is 13.2 Å². The third-order valence-corrected chi connectivity index (χ3v) is 2.88. The minimum absolute atomic E-state index is 0.0315. The summed E-state index contributed by atoms with van der Waals surface area (Å²) in [4.78, 5) is 11.7. The number of ether oxygens (including phenoxy) is 1. The van der Waals surface area contributed by atoms with Crippen LogP contribution in [0.3, 0.4) is 0 Å². The first-order valence-electron chi connectivity index (χ1n) is 7.23. The number of carbonyl (C=O) groups excluding carboxylic acids is 1. The number of anilines is 1. The Balaban J connectivity index is 2.04. The van der Waals surface area contributed by atoms with Gasteiger partial charge in [0.15, 0.2) is 0 Å². The molecule has 0 radical (unpaired) electrons. The Morgan fingerprint density at radius 1 is 1.20 bits per heavy atom. The Morgan fingerprint density at radius 3 is 2.55 bits per heavy atom. The van der Waals surface area contributed by atoms with Crippen LogP contribution < -0.4 is 10.6 Å². The lowest BCUT2D eigenvalue weighted by Gasteiger charge is -2.08. The van der Waals surface area contributed by atoms with Gasteiger partial charge in [0, 0.05) is 18.8 Å². The zero-order valence-electron chi connectivity index (χ0n) is 12.7. The summed E-state index contributed by atoms with van der Waals surface area (Å²) in [5.41, 5.74) is 2.01. The van der Waals surface area contributed by atoms with Crippen molar-refractivity contribution in [3.63, 3.8) is 0 Å². The molecular formula is C16H26N2O2. The molecule has 20 heavy (non-hydrogen) atoms. The van der Waals surface area contributed by atoms with E-state index in [1.165, 1.54) is 5.56 Å². The molecule has 0 heterocycles. The van der Waals surface area contributed by atoms with Gasteiger partial charge in [0.1, 0.15) is 0 Å². The van der Waals surface area contributed by atoms with Gasteiger partial charge in [-0.05, 0) is 31.4 Å². The van der Waals surface area contributed by atoms with E-state index in [1.807, 2.05) is 31.2 Å². The number of benzene rings is 1. The number of aryl methyl sites for hydroxylation is 1. The van der Waals surface area contributed by atoms with Crippen LogP contribution in [0.25, 0.3) is 0 Å². The number of nitrogens with one attached hydrogen (secondary N) is 2. The molecule has 4 nitrogen and oxygen atoms in total. The SMILES string of the molecule is Cc1ccc(NC(=O)CNCCOCCC(C)C)cc1. The maximum atomic E-state index is 11.7. The molecule has 0 unspecified atom stereocenters. The standard InChI is InChI=1S/C16H26N2O2/c1-13(2)8-10-20-11-9-17-12-16(19)18-15-6-4-14(3)5-7-15/h4-7,13,17H,8-12H2,1-3H3,(H,18,19). The number of hydrogen-bond donors (Lipinski definition) is 2. The molecule has 0 atom stereocenters. The predicted octanol–water partition coefficient (Wildman–Crippen LogP) is 2.59. The van der Waals surface area contributed by atoms with Crippen LogP contribution in [-0.2, 0) is 9.53 Å². The van der Waals surface area contributed by atoms with Crippen LogP contribution in [0, 0.1) is 12.8 Å². The molecule has 0 saturated heterocycles. The fourth-order valence-electron chi connectivity index (χ4n) is 1.61. The second kappa shape index (κ2) is 9.50. The van der Waals surface area contributed by atoms with Gasteiger partial charge in [-0.25, -0.2) is 0 Å². The van der Waals surface area contributed by atoms with Gasteiger partial charge in [-0.15, -0.1) is 0 Å². The molecular weight excluding hydrogens is 252 g/mol. The van der Waals surface area contributed by atoms with Gasteiger partial charge >= 0.3 is 0 Å². The molecule has 0 bridgehead atoms. The summed E-state index contributed by atoms with van der Waals surface area (Å²) < 4.78 is 5.46. The van der Waals surface area contributed by atoms with Crippen LogP contribution in [0.15, 0.2) is 24.3 Å². The molecule has 112 valence electrons. The van der Waals surface area contributed by atoms with Gasteiger partial charge < -0.3 is 15.4 Å². The van der Waals surface area contributed by atoms with Crippen molar-refractivity contribution in [3.05, 3.63) is 29.8 Å². The predicted molar refractivity (Wildman–Crippen MR) is 83.0 cm³/mol. The molecule has 0 fully saturated rings. The molecule has 1 aromatic rings. The van der Waals surface area contributed by atoms with Crippen molar-refractivity contribution in [1.29, 1.82) is 0 Å². The first-order valence-corrected chi connectivity index (χ1v) is 7.23. The second-order valence-corrected chi connectivity index (χ2v) is 5.39. The molecule has 0 spiro atoms. The van der Waals surface area contributed by atoms with Crippen molar-refractivity contribution in [2.45, 2.75) is 27.2 Å². The highest BCUT2D eigenvalue weighted by Crippen LogP contribution is 2.07. The van der Waals surface area contributed by atoms with E-state index in [2.05, 4.69) is 24.5 Å². The van der Waals surface area contributed by atoms with Crippen molar-refractivity contribution in [2.24, 2.45) is 5.92 Å². The molecule has 0 saturated carbocycles. The highest BCUT2D eigenvalue weighted by Gasteiger charge is 2.01. The topological polar surface area (TPSA) is 50.4 Å². The van der Waals surface area contributed by atoms with Crippen LogP contribution in [0.4, 0.5) is 5.69 Å². The first kappa shape index (κ1) is 16.7. The smallest absolute Gasteiger partial charge is 0.238 e. The Bertz CT molecular complexity index is 388. The molecule has 1 aromatic carbocycles. The fraction of sp³-hybridized carbons (Fsp3) is 0.562. The second-order valence-electron chi connectivity index (χ2n) is 5.39. The monoisotopic (exact) mass is 278 g/mol. The van der Waals surface area contributed by atoms with Crippen LogP contribution in [-0.4, -0.2) is 32.2 Å². The molecule has 4 heteroatoms. The lowest BCUT2D eigenvalue weighted by molar-refractivity contribution is -0.115.